The minimum atomic E-state index is -0.309. The number of thioether (sulfide) groups is 1. The van der Waals surface area contributed by atoms with Crippen molar-refractivity contribution in [1.82, 2.24) is 4.90 Å². The van der Waals surface area contributed by atoms with Gasteiger partial charge in [-0.2, -0.15) is 11.8 Å². The molecule has 3 nitrogen and oxygen atoms in total. The number of hydrogen-bond donors (Lipinski definition) is 1. The summed E-state index contributed by atoms with van der Waals surface area (Å²) >= 11 is 1.73. The van der Waals surface area contributed by atoms with Gasteiger partial charge < -0.3 is 10.6 Å². The Labute approximate surface area is 96.8 Å². The summed E-state index contributed by atoms with van der Waals surface area (Å²) in [5.41, 5.74) is 5.83. The van der Waals surface area contributed by atoms with Crippen LogP contribution in [0.3, 0.4) is 0 Å². The summed E-state index contributed by atoms with van der Waals surface area (Å²) in [5, 5.41) is 0. The van der Waals surface area contributed by atoms with Crippen molar-refractivity contribution >= 4 is 17.7 Å². The second-order valence-electron chi connectivity index (χ2n) is 4.58. The topological polar surface area (TPSA) is 46.3 Å². The van der Waals surface area contributed by atoms with Crippen molar-refractivity contribution in [2.45, 2.75) is 25.8 Å². The van der Waals surface area contributed by atoms with Crippen molar-refractivity contribution in [3.05, 3.63) is 0 Å². The molecule has 0 aromatic rings. The van der Waals surface area contributed by atoms with E-state index in [9.17, 15) is 4.79 Å². The van der Waals surface area contributed by atoms with Gasteiger partial charge in [0.2, 0.25) is 5.91 Å². The fraction of sp³-hybridized carbons (Fsp3) is 0.909. The highest BCUT2D eigenvalue weighted by atomic mass is 32.2. The van der Waals surface area contributed by atoms with Crippen molar-refractivity contribution in [3.8, 4) is 0 Å². The molecule has 0 heterocycles. The fourth-order valence-electron chi connectivity index (χ4n) is 1.75. The monoisotopic (exact) mass is 230 g/mol. The summed E-state index contributed by atoms with van der Waals surface area (Å²) in [4.78, 5) is 13.6. The van der Waals surface area contributed by atoms with E-state index in [4.69, 9.17) is 5.73 Å². The van der Waals surface area contributed by atoms with Crippen molar-refractivity contribution in [2.24, 2.45) is 17.6 Å². The molecular formula is C11H22N2OS. The minimum Gasteiger partial charge on any atom is -0.344 e. The molecule has 1 rings (SSSR count). The van der Waals surface area contributed by atoms with Crippen LogP contribution in [0.15, 0.2) is 0 Å². The van der Waals surface area contributed by atoms with E-state index in [0.29, 0.717) is 5.92 Å². The molecule has 1 amide bonds. The number of likely N-dealkylation sites (N-methyl/N-ethyl adjacent to an activating group) is 1. The Morgan fingerprint density at radius 3 is 2.73 bits per heavy atom. The number of carbonyl (C=O) groups is 1. The Balaban J connectivity index is 2.24. The van der Waals surface area contributed by atoms with Crippen LogP contribution >= 0.6 is 11.8 Å². The summed E-state index contributed by atoms with van der Waals surface area (Å²) in [5.74, 6) is 2.57. The lowest BCUT2D eigenvalue weighted by Gasteiger charge is -2.21. The summed E-state index contributed by atoms with van der Waals surface area (Å²) in [7, 11) is 1.87. The molecule has 1 aliphatic rings. The minimum absolute atomic E-state index is 0.100. The van der Waals surface area contributed by atoms with Crippen LogP contribution in [0.4, 0.5) is 0 Å². The second kappa shape index (κ2) is 5.75. The molecule has 0 aliphatic heterocycles. The molecule has 0 radical (unpaired) electrons. The molecule has 1 saturated carbocycles. The zero-order valence-corrected chi connectivity index (χ0v) is 10.7. The smallest absolute Gasteiger partial charge is 0.239 e. The van der Waals surface area contributed by atoms with Crippen LogP contribution in [0, 0.1) is 11.8 Å². The Morgan fingerprint density at radius 1 is 1.67 bits per heavy atom. The molecule has 2 N–H and O–H groups in total. The maximum absolute atomic E-state index is 11.8. The van der Waals surface area contributed by atoms with E-state index >= 15 is 0 Å². The van der Waals surface area contributed by atoms with Crippen LogP contribution in [0.1, 0.15) is 19.8 Å². The third-order valence-corrected chi connectivity index (χ3v) is 3.75. The number of carbonyl (C=O) groups excluding carboxylic acids is 1. The van der Waals surface area contributed by atoms with E-state index in [1.54, 1.807) is 16.7 Å². The first kappa shape index (κ1) is 12.8. The molecule has 0 aromatic carbocycles. The summed E-state index contributed by atoms with van der Waals surface area (Å²) in [6, 6.07) is -0.309. The maximum atomic E-state index is 11.8. The van der Waals surface area contributed by atoms with E-state index in [-0.39, 0.29) is 11.9 Å². The Hall–Kier alpha value is -0.220. The molecular weight excluding hydrogens is 208 g/mol. The van der Waals surface area contributed by atoms with E-state index in [2.05, 4.69) is 6.92 Å². The van der Waals surface area contributed by atoms with Crippen LogP contribution in [-0.4, -0.2) is 42.4 Å². The number of rotatable bonds is 6. The Kier molecular flexibility index (Phi) is 4.93. The molecule has 88 valence electrons. The predicted octanol–water partition coefficient (Wildman–Crippen LogP) is 1.18. The number of nitrogens with two attached hydrogens (primary N) is 1. The van der Waals surface area contributed by atoms with Gasteiger partial charge in [-0.1, -0.05) is 6.92 Å². The van der Waals surface area contributed by atoms with Gasteiger partial charge in [0, 0.05) is 13.6 Å². The lowest BCUT2D eigenvalue weighted by atomic mass is 10.2. The van der Waals surface area contributed by atoms with Crippen LogP contribution in [0.5, 0.6) is 0 Å². The van der Waals surface area contributed by atoms with Gasteiger partial charge in [0.05, 0.1) is 6.04 Å². The maximum Gasteiger partial charge on any atom is 0.239 e. The van der Waals surface area contributed by atoms with Crippen LogP contribution in [0.2, 0.25) is 0 Å². The van der Waals surface area contributed by atoms with Gasteiger partial charge >= 0.3 is 0 Å². The second-order valence-corrected chi connectivity index (χ2v) is 5.57. The van der Waals surface area contributed by atoms with Crippen LogP contribution in [-0.2, 0) is 4.79 Å². The highest BCUT2D eigenvalue weighted by Gasteiger charge is 2.34. The summed E-state index contributed by atoms with van der Waals surface area (Å²) in [6.45, 7) is 3.11. The van der Waals surface area contributed by atoms with Gasteiger partial charge in [0.25, 0.3) is 0 Å². The van der Waals surface area contributed by atoms with E-state index in [1.807, 2.05) is 13.3 Å². The standard InChI is InChI=1S/C11H22N2OS/c1-8-6-9(8)7-13(2)11(14)10(12)4-5-15-3/h8-10H,4-7,12H2,1-3H3/t8?,9?,10-/m0/s1. The molecule has 1 fully saturated rings. The zero-order valence-electron chi connectivity index (χ0n) is 9.90. The molecule has 3 atom stereocenters. The average Bonchev–Trinajstić information content (AvgIpc) is 2.89. The zero-order chi connectivity index (χ0) is 11.4. The third kappa shape index (κ3) is 4.03. The molecule has 4 heteroatoms. The molecule has 2 unspecified atom stereocenters. The Morgan fingerprint density at radius 2 is 2.27 bits per heavy atom. The third-order valence-electron chi connectivity index (χ3n) is 3.11. The molecule has 0 aromatic heterocycles. The molecule has 0 bridgehead atoms. The van der Waals surface area contributed by atoms with Crippen molar-refractivity contribution in [2.75, 3.05) is 25.6 Å². The first-order valence-electron chi connectivity index (χ1n) is 5.55. The normalized spacial score (nSPS) is 26.1. The van der Waals surface area contributed by atoms with E-state index in [0.717, 1.165) is 24.6 Å². The number of hydrogen-bond acceptors (Lipinski definition) is 3. The van der Waals surface area contributed by atoms with Gasteiger partial charge in [0.15, 0.2) is 0 Å². The SMILES string of the molecule is CSCC[C@H](N)C(=O)N(C)CC1CC1C. The average molecular weight is 230 g/mol. The molecule has 15 heavy (non-hydrogen) atoms. The van der Waals surface area contributed by atoms with Gasteiger partial charge in [-0.3, -0.25) is 4.79 Å². The quantitative estimate of drug-likeness (QED) is 0.745. The van der Waals surface area contributed by atoms with Crippen molar-refractivity contribution < 1.29 is 4.79 Å². The predicted molar refractivity (Wildman–Crippen MR) is 65.9 cm³/mol. The first-order chi connectivity index (χ1) is 7.06. The van der Waals surface area contributed by atoms with Gasteiger partial charge in [-0.25, -0.2) is 0 Å². The van der Waals surface area contributed by atoms with Crippen molar-refractivity contribution in [3.63, 3.8) is 0 Å². The summed E-state index contributed by atoms with van der Waals surface area (Å²) < 4.78 is 0. The first-order valence-corrected chi connectivity index (χ1v) is 6.95. The lowest BCUT2D eigenvalue weighted by Crippen LogP contribution is -2.42. The fourth-order valence-corrected chi connectivity index (χ4v) is 2.24. The highest BCUT2D eigenvalue weighted by Crippen LogP contribution is 2.37. The number of nitrogens with zero attached hydrogens (tertiary/aromatic N) is 1. The lowest BCUT2D eigenvalue weighted by molar-refractivity contribution is -0.131. The van der Waals surface area contributed by atoms with Crippen molar-refractivity contribution in [1.29, 1.82) is 0 Å². The number of amides is 1. The van der Waals surface area contributed by atoms with Crippen LogP contribution < -0.4 is 5.73 Å². The largest absolute Gasteiger partial charge is 0.344 e. The molecule has 0 spiro atoms. The van der Waals surface area contributed by atoms with Crippen LogP contribution in [0.25, 0.3) is 0 Å². The molecule has 1 aliphatic carbocycles. The van der Waals surface area contributed by atoms with Gasteiger partial charge in [0.1, 0.15) is 0 Å². The van der Waals surface area contributed by atoms with Gasteiger partial charge in [-0.15, -0.1) is 0 Å². The highest BCUT2D eigenvalue weighted by molar-refractivity contribution is 7.98. The molecule has 0 saturated heterocycles. The van der Waals surface area contributed by atoms with Gasteiger partial charge in [-0.05, 0) is 36.7 Å². The summed E-state index contributed by atoms with van der Waals surface area (Å²) in [6.07, 6.45) is 4.08. The Bertz CT molecular complexity index is 223. The van der Waals surface area contributed by atoms with E-state index < -0.39 is 0 Å². The van der Waals surface area contributed by atoms with E-state index in [1.165, 1.54) is 6.42 Å².